The number of thiazole rings is 1. The molecule has 0 spiro atoms. The number of rotatable bonds is 2. The van der Waals surface area contributed by atoms with E-state index >= 15 is 0 Å². The van der Waals surface area contributed by atoms with Crippen LogP contribution < -0.4 is 0 Å². The van der Waals surface area contributed by atoms with Crippen LogP contribution in [-0.4, -0.2) is 16.9 Å². The summed E-state index contributed by atoms with van der Waals surface area (Å²) in [4.78, 5) is 20.1. The zero-order valence-electron chi connectivity index (χ0n) is 9.54. The number of carbonyl (C=O) groups excluding carboxylic acids is 1. The molecule has 0 saturated heterocycles. The van der Waals surface area contributed by atoms with Crippen molar-refractivity contribution in [3.05, 3.63) is 56.6 Å². The number of aliphatic imine (C=N–C) groups is 1. The Hall–Kier alpha value is -1.79. The third-order valence-electron chi connectivity index (χ3n) is 2.46. The Balaban J connectivity index is 1.98. The molecule has 1 aromatic carbocycles. The standard InChI is InChI=1S/C13H7BrN2O2S/c14-10-4-2-1-3-9(10)12-16-11(13(17)18-12)5-8-6-19-7-15-8/h1-7H. The predicted octanol–water partition coefficient (Wildman–Crippen LogP) is 3.25. The second kappa shape index (κ2) is 5.07. The molecule has 0 N–H and O–H groups in total. The number of benzene rings is 1. The number of hydrogen-bond donors (Lipinski definition) is 0. The van der Waals surface area contributed by atoms with Crippen molar-refractivity contribution in [1.29, 1.82) is 0 Å². The molecule has 0 radical (unpaired) electrons. The highest BCUT2D eigenvalue weighted by Gasteiger charge is 2.25. The normalized spacial score (nSPS) is 16.6. The lowest BCUT2D eigenvalue weighted by atomic mass is 10.2. The van der Waals surface area contributed by atoms with Crippen LogP contribution in [0.15, 0.2) is 50.3 Å². The van der Waals surface area contributed by atoms with E-state index in [1.165, 1.54) is 11.3 Å². The first kappa shape index (κ1) is 12.3. The zero-order valence-corrected chi connectivity index (χ0v) is 11.9. The van der Waals surface area contributed by atoms with Gasteiger partial charge in [0.15, 0.2) is 5.70 Å². The SMILES string of the molecule is O=C1OC(c2ccccc2Br)=NC1=Cc1cscn1. The van der Waals surface area contributed by atoms with Crippen molar-refractivity contribution in [2.45, 2.75) is 0 Å². The Morgan fingerprint density at radius 2 is 2.16 bits per heavy atom. The second-order valence-electron chi connectivity index (χ2n) is 3.73. The number of nitrogens with zero attached hydrogens (tertiary/aromatic N) is 2. The molecule has 0 fully saturated rings. The third-order valence-corrected chi connectivity index (χ3v) is 3.76. The Kier molecular flexibility index (Phi) is 3.27. The summed E-state index contributed by atoms with van der Waals surface area (Å²) in [5.74, 6) is -0.155. The van der Waals surface area contributed by atoms with Crippen molar-refractivity contribution in [1.82, 2.24) is 4.98 Å². The number of ether oxygens (including phenoxy) is 1. The van der Waals surface area contributed by atoms with Crippen molar-refractivity contribution in [2.75, 3.05) is 0 Å². The summed E-state index contributed by atoms with van der Waals surface area (Å²) in [7, 11) is 0. The molecule has 6 heteroatoms. The maximum atomic E-state index is 11.8. The van der Waals surface area contributed by atoms with Gasteiger partial charge in [0.2, 0.25) is 5.90 Å². The van der Waals surface area contributed by atoms with Crippen molar-refractivity contribution in [3.8, 4) is 0 Å². The molecule has 0 unspecified atom stereocenters. The summed E-state index contributed by atoms with van der Waals surface area (Å²) in [5, 5.41) is 1.84. The minimum Gasteiger partial charge on any atom is -0.402 e. The number of halogens is 1. The van der Waals surface area contributed by atoms with Crippen LogP contribution in [0, 0.1) is 0 Å². The summed E-state index contributed by atoms with van der Waals surface area (Å²) >= 11 is 4.86. The van der Waals surface area contributed by atoms with Gasteiger partial charge in [-0.25, -0.2) is 14.8 Å². The van der Waals surface area contributed by atoms with Gasteiger partial charge in [-0.2, -0.15) is 0 Å². The van der Waals surface area contributed by atoms with Gasteiger partial charge in [-0.1, -0.05) is 12.1 Å². The summed E-state index contributed by atoms with van der Waals surface area (Å²) in [6.07, 6.45) is 1.61. The minimum atomic E-state index is -0.459. The maximum Gasteiger partial charge on any atom is 0.363 e. The van der Waals surface area contributed by atoms with E-state index in [1.54, 1.807) is 11.6 Å². The Bertz CT molecular complexity index is 692. The van der Waals surface area contributed by atoms with Crippen molar-refractivity contribution >= 4 is 45.2 Å². The first-order valence-electron chi connectivity index (χ1n) is 5.40. The number of cyclic esters (lactones) is 1. The fourth-order valence-corrected chi connectivity index (χ4v) is 2.56. The topological polar surface area (TPSA) is 51.5 Å². The highest BCUT2D eigenvalue weighted by Crippen LogP contribution is 2.23. The van der Waals surface area contributed by atoms with Crippen LogP contribution >= 0.6 is 27.3 Å². The fourth-order valence-electron chi connectivity index (χ4n) is 1.59. The Labute approximate surface area is 121 Å². The van der Waals surface area contributed by atoms with Crippen LogP contribution in [-0.2, 0) is 9.53 Å². The molecule has 0 saturated carbocycles. The predicted molar refractivity (Wildman–Crippen MR) is 76.9 cm³/mol. The average molecular weight is 335 g/mol. The van der Waals surface area contributed by atoms with E-state index in [0.29, 0.717) is 11.6 Å². The number of esters is 1. The molecule has 19 heavy (non-hydrogen) atoms. The van der Waals surface area contributed by atoms with Crippen molar-refractivity contribution in [3.63, 3.8) is 0 Å². The lowest BCUT2D eigenvalue weighted by Crippen LogP contribution is -2.05. The molecule has 0 bridgehead atoms. The Morgan fingerprint density at radius 1 is 1.32 bits per heavy atom. The number of hydrogen-bond acceptors (Lipinski definition) is 5. The molecule has 4 nitrogen and oxygen atoms in total. The average Bonchev–Trinajstić information content (AvgIpc) is 3.02. The smallest absolute Gasteiger partial charge is 0.363 e. The summed E-state index contributed by atoms with van der Waals surface area (Å²) in [6.45, 7) is 0. The first-order chi connectivity index (χ1) is 9.24. The first-order valence-corrected chi connectivity index (χ1v) is 7.13. The van der Waals surface area contributed by atoms with Gasteiger partial charge in [-0.3, -0.25) is 0 Å². The van der Waals surface area contributed by atoms with Gasteiger partial charge in [0.25, 0.3) is 0 Å². The summed E-state index contributed by atoms with van der Waals surface area (Å²) < 4.78 is 6.01. The van der Waals surface area contributed by atoms with E-state index in [9.17, 15) is 4.79 Å². The van der Waals surface area contributed by atoms with Crippen LogP contribution in [0.5, 0.6) is 0 Å². The molecule has 0 amide bonds. The zero-order chi connectivity index (χ0) is 13.2. The highest BCUT2D eigenvalue weighted by molar-refractivity contribution is 9.10. The second-order valence-corrected chi connectivity index (χ2v) is 5.30. The van der Waals surface area contributed by atoms with Gasteiger partial charge in [-0.05, 0) is 34.1 Å². The third kappa shape index (κ3) is 2.50. The van der Waals surface area contributed by atoms with Gasteiger partial charge in [0, 0.05) is 9.85 Å². The molecule has 94 valence electrons. The van der Waals surface area contributed by atoms with Crippen LogP contribution in [0.25, 0.3) is 6.08 Å². The number of carbonyl (C=O) groups is 1. The van der Waals surface area contributed by atoms with E-state index in [2.05, 4.69) is 25.9 Å². The quantitative estimate of drug-likeness (QED) is 0.625. The van der Waals surface area contributed by atoms with Gasteiger partial charge >= 0.3 is 5.97 Å². The molecule has 1 aromatic heterocycles. The fraction of sp³-hybridized carbons (Fsp3) is 0. The van der Waals surface area contributed by atoms with Gasteiger partial charge in [-0.15, -0.1) is 11.3 Å². The minimum absolute atomic E-state index is 0.261. The van der Waals surface area contributed by atoms with E-state index in [4.69, 9.17) is 4.74 Å². The molecule has 1 aliphatic heterocycles. The van der Waals surface area contributed by atoms with Gasteiger partial charge < -0.3 is 4.74 Å². The molecule has 3 rings (SSSR count). The summed E-state index contributed by atoms with van der Waals surface area (Å²) in [5.41, 5.74) is 3.41. The molecular formula is C13H7BrN2O2S. The Morgan fingerprint density at radius 3 is 2.89 bits per heavy atom. The lowest BCUT2D eigenvalue weighted by Gasteiger charge is -2.01. The monoisotopic (exact) mass is 334 g/mol. The van der Waals surface area contributed by atoms with Crippen LogP contribution in [0.3, 0.4) is 0 Å². The van der Waals surface area contributed by atoms with Crippen molar-refractivity contribution in [2.24, 2.45) is 4.99 Å². The molecule has 0 aliphatic carbocycles. The van der Waals surface area contributed by atoms with Crippen LogP contribution in [0.1, 0.15) is 11.3 Å². The molecule has 2 heterocycles. The van der Waals surface area contributed by atoms with Crippen molar-refractivity contribution < 1.29 is 9.53 Å². The maximum absolute atomic E-state index is 11.8. The van der Waals surface area contributed by atoms with E-state index < -0.39 is 5.97 Å². The molecular weight excluding hydrogens is 328 g/mol. The van der Waals surface area contributed by atoms with E-state index in [-0.39, 0.29) is 5.70 Å². The largest absolute Gasteiger partial charge is 0.402 e. The van der Waals surface area contributed by atoms with E-state index in [1.807, 2.05) is 29.6 Å². The van der Waals surface area contributed by atoms with Crippen LogP contribution in [0.2, 0.25) is 0 Å². The molecule has 0 atom stereocenters. The molecule has 1 aliphatic rings. The summed E-state index contributed by atoms with van der Waals surface area (Å²) in [6, 6.07) is 7.45. The van der Waals surface area contributed by atoms with Gasteiger partial charge in [0.1, 0.15) is 0 Å². The van der Waals surface area contributed by atoms with E-state index in [0.717, 1.165) is 10.0 Å². The van der Waals surface area contributed by atoms with Crippen LogP contribution in [0.4, 0.5) is 0 Å². The highest BCUT2D eigenvalue weighted by atomic mass is 79.9. The lowest BCUT2D eigenvalue weighted by molar-refractivity contribution is -0.129. The van der Waals surface area contributed by atoms with Gasteiger partial charge in [0.05, 0.1) is 16.8 Å². The molecule has 2 aromatic rings. The number of aromatic nitrogens is 1.